The molecule has 1 aromatic heterocycles. The molecule has 0 bridgehead atoms. The normalized spacial score (nSPS) is 10.7. The van der Waals surface area contributed by atoms with E-state index >= 15 is 0 Å². The van der Waals surface area contributed by atoms with Gasteiger partial charge in [-0.3, -0.25) is 4.79 Å². The second kappa shape index (κ2) is 6.27. The number of phenols is 2. The highest BCUT2D eigenvalue weighted by atomic mass is 16.5. The topological polar surface area (TPSA) is 98.4 Å². The number of ether oxygens (including phenoxy) is 3. The van der Waals surface area contributed by atoms with E-state index in [2.05, 4.69) is 0 Å². The van der Waals surface area contributed by atoms with Gasteiger partial charge in [0.05, 0.1) is 26.9 Å². The summed E-state index contributed by atoms with van der Waals surface area (Å²) in [5.41, 5.74) is 0.150. The van der Waals surface area contributed by atoms with Crippen LogP contribution in [0.25, 0.3) is 22.3 Å². The van der Waals surface area contributed by atoms with Crippen molar-refractivity contribution in [1.29, 1.82) is 0 Å². The fourth-order valence-corrected chi connectivity index (χ4v) is 2.57. The highest BCUT2D eigenvalue weighted by Gasteiger charge is 2.17. The van der Waals surface area contributed by atoms with Crippen LogP contribution in [0.2, 0.25) is 0 Å². The van der Waals surface area contributed by atoms with E-state index in [9.17, 15) is 15.0 Å². The molecular formula is C18H16O7. The zero-order chi connectivity index (χ0) is 18.1. The van der Waals surface area contributed by atoms with Gasteiger partial charge in [0.1, 0.15) is 34.0 Å². The van der Waals surface area contributed by atoms with E-state index in [-0.39, 0.29) is 34.0 Å². The van der Waals surface area contributed by atoms with Crippen LogP contribution in [0.4, 0.5) is 0 Å². The minimum Gasteiger partial charge on any atom is -0.507 e. The molecule has 3 rings (SSSR count). The molecule has 0 aliphatic rings. The quantitative estimate of drug-likeness (QED) is 0.751. The van der Waals surface area contributed by atoms with E-state index in [1.54, 1.807) is 0 Å². The Kier molecular flexibility index (Phi) is 4.14. The van der Waals surface area contributed by atoms with Crippen LogP contribution in [0.15, 0.2) is 39.5 Å². The molecule has 0 aliphatic carbocycles. The van der Waals surface area contributed by atoms with Gasteiger partial charge in [-0.2, -0.15) is 0 Å². The Bertz CT molecular complexity index is 1000. The maximum atomic E-state index is 12.4. The molecule has 0 saturated heterocycles. The first-order chi connectivity index (χ1) is 12.0. The molecule has 130 valence electrons. The first kappa shape index (κ1) is 16.5. The van der Waals surface area contributed by atoms with E-state index in [4.69, 9.17) is 18.6 Å². The van der Waals surface area contributed by atoms with Crippen LogP contribution in [0.3, 0.4) is 0 Å². The maximum absolute atomic E-state index is 12.4. The lowest BCUT2D eigenvalue weighted by Crippen LogP contribution is -2.02. The third-order valence-electron chi connectivity index (χ3n) is 3.79. The van der Waals surface area contributed by atoms with Gasteiger partial charge in [-0.05, 0) is 6.07 Å². The van der Waals surface area contributed by atoms with Crippen LogP contribution >= 0.6 is 0 Å². The predicted molar refractivity (Wildman–Crippen MR) is 90.9 cm³/mol. The number of phenolic OH excluding ortho intramolecular Hbond substituents is 2. The highest BCUT2D eigenvalue weighted by molar-refractivity contribution is 5.86. The van der Waals surface area contributed by atoms with Crippen molar-refractivity contribution in [2.45, 2.75) is 0 Å². The van der Waals surface area contributed by atoms with Gasteiger partial charge in [-0.1, -0.05) is 0 Å². The van der Waals surface area contributed by atoms with Gasteiger partial charge in [-0.25, -0.2) is 0 Å². The van der Waals surface area contributed by atoms with Crippen molar-refractivity contribution in [2.24, 2.45) is 0 Å². The lowest BCUT2D eigenvalue weighted by atomic mass is 10.1. The maximum Gasteiger partial charge on any atom is 0.197 e. The molecule has 2 N–H and O–H groups in total. The van der Waals surface area contributed by atoms with Crippen LogP contribution in [-0.2, 0) is 0 Å². The monoisotopic (exact) mass is 344 g/mol. The Morgan fingerprint density at radius 1 is 0.840 bits per heavy atom. The van der Waals surface area contributed by atoms with E-state index in [1.165, 1.54) is 51.7 Å². The summed E-state index contributed by atoms with van der Waals surface area (Å²) in [6.07, 6.45) is 0. The molecule has 0 atom stereocenters. The van der Waals surface area contributed by atoms with Gasteiger partial charge in [-0.15, -0.1) is 0 Å². The van der Waals surface area contributed by atoms with E-state index < -0.39 is 5.43 Å². The summed E-state index contributed by atoms with van der Waals surface area (Å²) < 4.78 is 21.2. The Labute approximate surface area is 142 Å². The van der Waals surface area contributed by atoms with Crippen LogP contribution in [0, 0.1) is 0 Å². The second-order valence-corrected chi connectivity index (χ2v) is 5.22. The van der Waals surface area contributed by atoms with E-state index in [0.29, 0.717) is 17.1 Å². The van der Waals surface area contributed by atoms with Gasteiger partial charge in [0.15, 0.2) is 16.9 Å². The first-order valence-corrected chi connectivity index (χ1v) is 7.28. The summed E-state index contributed by atoms with van der Waals surface area (Å²) in [6.45, 7) is 0. The lowest BCUT2D eigenvalue weighted by Gasteiger charge is -2.12. The number of rotatable bonds is 4. The molecular weight excluding hydrogens is 328 g/mol. The molecule has 0 radical (unpaired) electrons. The number of fused-ring (bicyclic) bond motifs is 1. The lowest BCUT2D eigenvalue weighted by molar-refractivity contribution is 0.366. The van der Waals surface area contributed by atoms with Crippen molar-refractivity contribution in [2.75, 3.05) is 21.3 Å². The molecule has 25 heavy (non-hydrogen) atoms. The minimum absolute atomic E-state index is 0.0502. The molecule has 2 aromatic carbocycles. The molecule has 0 fully saturated rings. The Balaban J connectivity index is 2.31. The molecule has 7 nitrogen and oxygen atoms in total. The summed E-state index contributed by atoms with van der Waals surface area (Å²) in [6, 6.07) is 6.94. The summed E-state index contributed by atoms with van der Waals surface area (Å²) in [5, 5.41) is 20.0. The Hall–Kier alpha value is -3.35. The van der Waals surface area contributed by atoms with Gasteiger partial charge in [0.2, 0.25) is 0 Å². The Morgan fingerprint density at radius 3 is 2.20 bits per heavy atom. The summed E-state index contributed by atoms with van der Waals surface area (Å²) in [5.74, 6) is 0.705. The van der Waals surface area contributed by atoms with Crippen LogP contribution in [0.1, 0.15) is 0 Å². The molecule has 0 saturated carbocycles. The average molecular weight is 344 g/mol. The third kappa shape index (κ3) is 2.80. The zero-order valence-electron chi connectivity index (χ0n) is 13.8. The molecule has 0 spiro atoms. The number of methoxy groups -OCH3 is 3. The molecule has 7 heteroatoms. The number of hydrogen-bond acceptors (Lipinski definition) is 7. The van der Waals surface area contributed by atoms with Crippen molar-refractivity contribution in [3.05, 3.63) is 40.6 Å². The van der Waals surface area contributed by atoms with Crippen molar-refractivity contribution in [3.8, 4) is 40.1 Å². The van der Waals surface area contributed by atoms with E-state index in [0.717, 1.165) is 0 Å². The van der Waals surface area contributed by atoms with Gasteiger partial charge in [0, 0.05) is 24.3 Å². The molecule has 0 amide bonds. The number of hydrogen-bond donors (Lipinski definition) is 2. The fourth-order valence-electron chi connectivity index (χ4n) is 2.57. The van der Waals surface area contributed by atoms with Crippen molar-refractivity contribution >= 4 is 11.0 Å². The third-order valence-corrected chi connectivity index (χ3v) is 3.79. The predicted octanol–water partition coefficient (Wildman–Crippen LogP) is 2.90. The SMILES string of the molecule is COc1cc(O)c2c(=O)cc(-c3cc(OC)c(O)cc3OC)oc2c1. The summed E-state index contributed by atoms with van der Waals surface area (Å²) in [4.78, 5) is 12.4. The second-order valence-electron chi connectivity index (χ2n) is 5.22. The summed E-state index contributed by atoms with van der Waals surface area (Å²) in [7, 11) is 4.28. The van der Waals surface area contributed by atoms with Gasteiger partial charge < -0.3 is 28.8 Å². The number of benzene rings is 2. The molecule has 0 unspecified atom stereocenters. The Morgan fingerprint density at radius 2 is 1.56 bits per heavy atom. The first-order valence-electron chi connectivity index (χ1n) is 7.28. The molecule has 3 aromatic rings. The standard InChI is InChI=1S/C18H16O7/c1-22-9-4-12(20)18-13(21)8-15(25-17(18)5-9)10-6-16(24-3)11(19)7-14(10)23-2/h4-8,19-20H,1-3H3. The van der Waals surface area contributed by atoms with Crippen LogP contribution in [-0.4, -0.2) is 31.5 Å². The summed E-state index contributed by atoms with van der Waals surface area (Å²) >= 11 is 0. The largest absolute Gasteiger partial charge is 0.507 e. The zero-order valence-corrected chi connectivity index (χ0v) is 13.8. The van der Waals surface area contributed by atoms with Gasteiger partial charge in [0.25, 0.3) is 0 Å². The fraction of sp³-hybridized carbons (Fsp3) is 0.167. The molecule has 1 heterocycles. The smallest absolute Gasteiger partial charge is 0.197 e. The average Bonchev–Trinajstić information content (AvgIpc) is 2.60. The van der Waals surface area contributed by atoms with Crippen molar-refractivity contribution in [3.63, 3.8) is 0 Å². The van der Waals surface area contributed by atoms with Crippen molar-refractivity contribution in [1.82, 2.24) is 0 Å². The highest BCUT2D eigenvalue weighted by Crippen LogP contribution is 2.40. The van der Waals surface area contributed by atoms with E-state index in [1.807, 2.05) is 0 Å². The minimum atomic E-state index is -0.425. The van der Waals surface area contributed by atoms with Crippen molar-refractivity contribution < 1.29 is 28.8 Å². The van der Waals surface area contributed by atoms with Gasteiger partial charge >= 0.3 is 0 Å². The number of aromatic hydroxyl groups is 2. The molecule has 0 aliphatic heterocycles. The van der Waals surface area contributed by atoms with Crippen LogP contribution < -0.4 is 19.6 Å². The van der Waals surface area contributed by atoms with Crippen LogP contribution in [0.5, 0.6) is 28.7 Å².